The molecule has 1 amide bonds. The lowest BCUT2D eigenvalue weighted by atomic mass is 10.1. The Hall–Kier alpha value is -2.43. The largest absolute Gasteiger partial charge is 0.363 e. The van der Waals surface area contributed by atoms with E-state index in [1.165, 1.54) is 0 Å². The van der Waals surface area contributed by atoms with Crippen LogP contribution in [0, 0.1) is 20.8 Å². The zero-order chi connectivity index (χ0) is 16.3. The van der Waals surface area contributed by atoms with E-state index in [1.807, 2.05) is 64.0 Å². The first-order chi connectivity index (χ1) is 10.3. The van der Waals surface area contributed by atoms with Crippen molar-refractivity contribution in [2.24, 2.45) is 0 Å². The number of aryl methyl sites for hydroxylation is 3. The van der Waals surface area contributed by atoms with E-state index in [4.69, 9.17) is 0 Å². The summed E-state index contributed by atoms with van der Waals surface area (Å²) in [5, 5.41) is 2.88. The van der Waals surface area contributed by atoms with Crippen LogP contribution < -0.4 is 10.2 Å². The Morgan fingerprint density at radius 2 is 1.68 bits per heavy atom. The molecule has 0 aliphatic heterocycles. The molecule has 0 aliphatic rings. The van der Waals surface area contributed by atoms with Gasteiger partial charge in [-0.2, -0.15) is 0 Å². The Balaban J connectivity index is 2.11. The van der Waals surface area contributed by atoms with Gasteiger partial charge < -0.3 is 10.2 Å². The molecule has 22 heavy (non-hydrogen) atoms. The van der Waals surface area contributed by atoms with Gasteiger partial charge in [0.2, 0.25) is 0 Å². The fourth-order valence-electron chi connectivity index (χ4n) is 2.29. The number of benzene rings is 1. The molecule has 0 radical (unpaired) electrons. The Morgan fingerprint density at radius 3 is 2.27 bits per heavy atom. The maximum absolute atomic E-state index is 12.2. The van der Waals surface area contributed by atoms with Crippen molar-refractivity contribution >= 4 is 11.7 Å². The Kier molecular flexibility index (Phi) is 4.75. The molecular formula is C17H22N4O. The summed E-state index contributed by atoms with van der Waals surface area (Å²) < 4.78 is 0. The van der Waals surface area contributed by atoms with Gasteiger partial charge in [0.25, 0.3) is 5.91 Å². The first-order valence-electron chi connectivity index (χ1n) is 7.23. The number of anilines is 1. The lowest BCUT2D eigenvalue weighted by molar-refractivity contribution is 0.0949. The number of carbonyl (C=O) groups is 1. The van der Waals surface area contributed by atoms with E-state index < -0.39 is 0 Å². The van der Waals surface area contributed by atoms with Crippen molar-refractivity contribution in [1.29, 1.82) is 0 Å². The van der Waals surface area contributed by atoms with Crippen molar-refractivity contribution in [2.75, 3.05) is 19.0 Å². The van der Waals surface area contributed by atoms with Gasteiger partial charge >= 0.3 is 0 Å². The molecule has 0 bridgehead atoms. The second-order valence-electron chi connectivity index (χ2n) is 5.74. The maximum atomic E-state index is 12.2. The summed E-state index contributed by atoms with van der Waals surface area (Å²) in [5.74, 6) is 1.34. The molecule has 5 nitrogen and oxygen atoms in total. The molecule has 2 aromatic rings. The molecule has 1 aromatic carbocycles. The van der Waals surface area contributed by atoms with Crippen molar-refractivity contribution < 1.29 is 4.79 Å². The normalized spacial score (nSPS) is 10.4. The zero-order valence-electron chi connectivity index (χ0n) is 13.8. The molecular weight excluding hydrogens is 276 g/mol. The topological polar surface area (TPSA) is 58.1 Å². The van der Waals surface area contributed by atoms with Crippen LogP contribution >= 0.6 is 0 Å². The molecule has 0 unspecified atom stereocenters. The highest BCUT2D eigenvalue weighted by Crippen LogP contribution is 2.11. The summed E-state index contributed by atoms with van der Waals surface area (Å²) in [4.78, 5) is 23.0. The van der Waals surface area contributed by atoms with Crippen LogP contribution in [-0.4, -0.2) is 30.0 Å². The van der Waals surface area contributed by atoms with Crippen molar-refractivity contribution in [3.05, 3.63) is 52.5 Å². The van der Waals surface area contributed by atoms with Gasteiger partial charge in [-0.05, 0) is 32.9 Å². The van der Waals surface area contributed by atoms with Crippen LogP contribution in [0.15, 0.2) is 24.3 Å². The summed E-state index contributed by atoms with van der Waals surface area (Å²) >= 11 is 0. The van der Waals surface area contributed by atoms with Gasteiger partial charge in [0.1, 0.15) is 11.6 Å². The minimum Gasteiger partial charge on any atom is -0.363 e. The molecule has 0 saturated heterocycles. The fraction of sp³-hybridized carbons (Fsp3) is 0.353. The summed E-state index contributed by atoms with van der Waals surface area (Å²) in [6.45, 7) is 6.20. The van der Waals surface area contributed by atoms with Gasteiger partial charge in [0.05, 0.1) is 6.54 Å². The summed E-state index contributed by atoms with van der Waals surface area (Å²) in [6, 6.07) is 7.72. The molecule has 1 N–H and O–H groups in total. The zero-order valence-corrected chi connectivity index (χ0v) is 13.8. The molecule has 5 heteroatoms. The van der Waals surface area contributed by atoms with Crippen molar-refractivity contribution in [1.82, 2.24) is 15.3 Å². The van der Waals surface area contributed by atoms with Crippen molar-refractivity contribution in [3.8, 4) is 0 Å². The Bertz CT molecular complexity index is 675. The van der Waals surface area contributed by atoms with Gasteiger partial charge in [-0.3, -0.25) is 4.79 Å². The van der Waals surface area contributed by atoms with E-state index in [-0.39, 0.29) is 5.91 Å². The molecule has 0 fully saturated rings. The molecule has 0 spiro atoms. The minimum absolute atomic E-state index is 0.108. The first kappa shape index (κ1) is 15.9. The van der Waals surface area contributed by atoms with Crippen LogP contribution in [0.5, 0.6) is 0 Å². The number of nitrogens with zero attached hydrogens (tertiary/aromatic N) is 3. The number of nitrogens with one attached hydrogen (secondary N) is 1. The first-order valence-corrected chi connectivity index (χ1v) is 7.23. The highest BCUT2D eigenvalue weighted by molar-refractivity contribution is 5.94. The monoisotopic (exact) mass is 298 g/mol. The Morgan fingerprint density at radius 1 is 1.05 bits per heavy atom. The van der Waals surface area contributed by atoms with E-state index >= 15 is 0 Å². The SMILES string of the molecule is Cc1cc(C)cc(C(=O)NCc2nc(C)cc(N(C)C)n2)c1. The number of hydrogen-bond donors (Lipinski definition) is 1. The third kappa shape index (κ3) is 4.04. The quantitative estimate of drug-likeness (QED) is 0.941. The maximum Gasteiger partial charge on any atom is 0.251 e. The number of rotatable bonds is 4. The summed E-state index contributed by atoms with van der Waals surface area (Å²) in [6.07, 6.45) is 0. The third-order valence-electron chi connectivity index (χ3n) is 3.24. The lowest BCUT2D eigenvalue weighted by Crippen LogP contribution is -2.25. The van der Waals surface area contributed by atoms with E-state index in [0.717, 1.165) is 22.6 Å². The molecule has 1 heterocycles. The van der Waals surface area contributed by atoms with E-state index in [9.17, 15) is 4.79 Å². The second kappa shape index (κ2) is 6.56. The van der Waals surface area contributed by atoms with Gasteiger partial charge in [-0.25, -0.2) is 9.97 Å². The van der Waals surface area contributed by atoms with Crippen molar-refractivity contribution in [2.45, 2.75) is 27.3 Å². The fourth-order valence-corrected chi connectivity index (χ4v) is 2.29. The van der Waals surface area contributed by atoms with Crippen LogP contribution in [0.25, 0.3) is 0 Å². The lowest BCUT2D eigenvalue weighted by Gasteiger charge is -2.13. The second-order valence-corrected chi connectivity index (χ2v) is 5.74. The van der Waals surface area contributed by atoms with E-state index in [1.54, 1.807) is 0 Å². The smallest absolute Gasteiger partial charge is 0.251 e. The minimum atomic E-state index is -0.108. The summed E-state index contributed by atoms with van der Waals surface area (Å²) in [5.41, 5.74) is 3.70. The molecule has 0 saturated carbocycles. The van der Waals surface area contributed by atoms with Gasteiger partial charge in [0, 0.05) is 31.4 Å². The van der Waals surface area contributed by atoms with Crippen LogP contribution in [0.1, 0.15) is 33.0 Å². The molecule has 0 atom stereocenters. The van der Waals surface area contributed by atoms with Crippen molar-refractivity contribution in [3.63, 3.8) is 0 Å². The predicted molar refractivity (Wildman–Crippen MR) is 88.2 cm³/mol. The number of aromatic nitrogens is 2. The van der Waals surface area contributed by atoms with Gasteiger partial charge in [-0.1, -0.05) is 17.2 Å². The number of hydrogen-bond acceptors (Lipinski definition) is 4. The average molecular weight is 298 g/mol. The summed E-state index contributed by atoms with van der Waals surface area (Å²) in [7, 11) is 3.86. The highest BCUT2D eigenvalue weighted by atomic mass is 16.1. The average Bonchev–Trinajstić information content (AvgIpc) is 2.43. The van der Waals surface area contributed by atoms with Crippen LogP contribution in [0.3, 0.4) is 0 Å². The Labute approximate surface area is 131 Å². The van der Waals surface area contributed by atoms with E-state index in [2.05, 4.69) is 15.3 Å². The van der Waals surface area contributed by atoms with Crippen LogP contribution in [0.4, 0.5) is 5.82 Å². The van der Waals surface area contributed by atoms with Crippen LogP contribution in [-0.2, 0) is 6.54 Å². The number of carbonyl (C=O) groups excluding carboxylic acids is 1. The predicted octanol–water partition coefficient (Wildman–Crippen LogP) is 2.40. The number of amides is 1. The molecule has 1 aromatic heterocycles. The van der Waals surface area contributed by atoms with E-state index in [0.29, 0.717) is 17.9 Å². The standard InChI is InChI=1S/C17H22N4O/c1-11-6-12(2)8-14(7-11)17(22)18-10-15-19-13(3)9-16(20-15)21(4)5/h6-9H,10H2,1-5H3,(H,18,22). The highest BCUT2D eigenvalue weighted by Gasteiger charge is 2.09. The molecule has 0 aliphatic carbocycles. The van der Waals surface area contributed by atoms with Crippen LogP contribution in [0.2, 0.25) is 0 Å². The van der Waals surface area contributed by atoms with Gasteiger partial charge in [0.15, 0.2) is 0 Å². The molecule has 2 rings (SSSR count). The third-order valence-corrected chi connectivity index (χ3v) is 3.24. The molecule has 116 valence electrons. The van der Waals surface area contributed by atoms with Gasteiger partial charge in [-0.15, -0.1) is 0 Å².